The number of hydrogen-bond acceptors (Lipinski definition) is 8. The van der Waals surface area contributed by atoms with Crippen molar-refractivity contribution in [2.75, 3.05) is 51.0 Å². The van der Waals surface area contributed by atoms with Gasteiger partial charge in [0, 0.05) is 43.7 Å². The SMILES string of the molecule is COc1cc(NC(=O)N[C@H]2CC[C@@H](Nc3nc(N(C)C)c4ccccc4n3)CC2)cc(OC)c1OC. The largest absolute Gasteiger partial charge is 0.493 e. The number of benzene rings is 2. The monoisotopic (exact) mass is 494 g/mol. The maximum atomic E-state index is 12.7. The Morgan fingerprint density at radius 3 is 2.17 bits per heavy atom. The van der Waals surface area contributed by atoms with Crippen molar-refractivity contribution in [2.24, 2.45) is 0 Å². The molecule has 1 fully saturated rings. The minimum Gasteiger partial charge on any atom is -0.493 e. The number of anilines is 3. The van der Waals surface area contributed by atoms with Gasteiger partial charge in [-0.1, -0.05) is 12.1 Å². The standard InChI is InChI=1S/C26H34N6O4/c1-32(2)24-19-8-6-7-9-20(19)30-25(31-24)27-16-10-12-17(13-11-16)28-26(33)29-18-14-21(34-3)23(36-5)22(15-18)35-4/h6-9,14-17H,10-13H2,1-5H3,(H,27,30,31)(H2,28,29,33)/t16-,17+. The molecule has 1 heterocycles. The Morgan fingerprint density at radius 2 is 1.56 bits per heavy atom. The highest BCUT2D eigenvalue weighted by atomic mass is 16.5. The first-order valence-electron chi connectivity index (χ1n) is 12.0. The molecule has 0 atom stereocenters. The third-order valence-corrected chi connectivity index (χ3v) is 6.32. The number of fused-ring (bicyclic) bond motifs is 1. The Morgan fingerprint density at radius 1 is 0.917 bits per heavy atom. The molecule has 3 N–H and O–H groups in total. The number of carbonyl (C=O) groups is 1. The molecule has 0 radical (unpaired) electrons. The van der Waals surface area contributed by atoms with Crippen molar-refractivity contribution >= 4 is 34.4 Å². The molecule has 2 amide bonds. The molecule has 3 aromatic rings. The average molecular weight is 495 g/mol. The first-order valence-corrected chi connectivity index (χ1v) is 12.0. The van der Waals surface area contributed by atoms with Gasteiger partial charge in [0.05, 0.1) is 32.5 Å². The lowest BCUT2D eigenvalue weighted by Crippen LogP contribution is -2.42. The number of nitrogens with zero attached hydrogens (tertiary/aromatic N) is 3. The number of hydrogen-bond donors (Lipinski definition) is 3. The summed E-state index contributed by atoms with van der Waals surface area (Å²) in [6.07, 6.45) is 3.52. The van der Waals surface area contributed by atoms with E-state index in [-0.39, 0.29) is 18.1 Å². The summed E-state index contributed by atoms with van der Waals surface area (Å²) in [5.41, 5.74) is 1.47. The van der Waals surface area contributed by atoms with Crippen molar-refractivity contribution in [3.05, 3.63) is 36.4 Å². The summed E-state index contributed by atoms with van der Waals surface area (Å²) < 4.78 is 16.1. The number of urea groups is 1. The molecule has 10 heteroatoms. The van der Waals surface area contributed by atoms with Crippen molar-refractivity contribution < 1.29 is 19.0 Å². The molecule has 1 aliphatic carbocycles. The zero-order valence-corrected chi connectivity index (χ0v) is 21.4. The maximum Gasteiger partial charge on any atom is 0.319 e. The molecule has 0 bridgehead atoms. The number of methoxy groups -OCH3 is 3. The zero-order chi connectivity index (χ0) is 25.7. The number of carbonyl (C=O) groups excluding carboxylic acids is 1. The van der Waals surface area contributed by atoms with Gasteiger partial charge in [0.1, 0.15) is 5.82 Å². The molecule has 4 rings (SSSR count). The third kappa shape index (κ3) is 5.64. The molecule has 0 saturated heterocycles. The van der Waals surface area contributed by atoms with E-state index in [4.69, 9.17) is 24.2 Å². The fourth-order valence-electron chi connectivity index (χ4n) is 4.54. The van der Waals surface area contributed by atoms with Crippen LogP contribution in [0.5, 0.6) is 17.2 Å². The van der Waals surface area contributed by atoms with Crippen LogP contribution in [0.4, 0.5) is 22.2 Å². The van der Waals surface area contributed by atoms with E-state index < -0.39 is 0 Å². The second kappa shape index (κ2) is 11.2. The quantitative estimate of drug-likeness (QED) is 0.426. The van der Waals surface area contributed by atoms with Crippen LogP contribution in [-0.2, 0) is 0 Å². The van der Waals surface area contributed by atoms with E-state index in [2.05, 4.69) is 16.0 Å². The van der Waals surface area contributed by atoms with E-state index in [0.29, 0.717) is 28.9 Å². The van der Waals surface area contributed by atoms with Crippen molar-refractivity contribution in [2.45, 2.75) is 37.8 Å². The van der Waals surface area contributed by atoms with Crippen LogP contribution in [-0.4, -0.2) is 63.5 Å². The Bertz CT molecular complexity index is 1190. The van der Waals surface area contributed by atoms with Gasteiger partial charge in [0.15, 0.2) is 11.5 Å². The first-order chi connectivity index (χ1) is 17.4. The van der Waals surface area contributed by atoms with Crippen molar-refractivity contribution in [3.8, 4) is 17.2 Å². The van der Waals surface area contributed by atoms with Crippen LogP contribution in [0.15, 0.2) is 36.4 Å². The molecule has 2 aromatic carbocycles. The summed E-state index contributed by atoms with van der Waals surface area (Å²) in [5.74, 6) is 2.96. The summed E-state index contributed by atoms with van der Waals surface area (Å²) in [6, 6.07) is 11.5. The average Bonchev–Trinajstić information content (AvgIpc) is 2.88. The van der Waals surface area contributed by atoms with E-state index in [1.165, 1.54) is 14.2 Å². The summed E-state index contributed by atoms with van der Waals surface area (Å²) >= 11 is 0. The molecule has 10 nitrogen and oxygen atoms in total. The van der Waals surface area contributed by atoms with Crippen LogP contribution >= 0.6 is 0 Å². The van der Waals surface area contributed by atoms with Gasteiger partial charge < -0.3 is 35.1 Å². The van der Waals surface area contributed by atoms with E-state index in [1.54, 1.807) is 19.2 Å². The molecule has 1 saturated carbocycles. The molecular weight excluding hydrogens is 460 g/mol. The molecule has 1 aromatic heterocycles. The minimum absolute atomic E-state index is 0.0833. The van der Waals surface area contributed by atoms with Gasteiger partial charge in [-0.2, -0.15) is 4.98 Å². The van der Waals surface area contributed by atoms with E-state index in [1.807, 2.05) is 43.3 Å². The molecule has 0 spiro atoms. The molecule has 192 valence electrons. The van der Waals surface area contributed by atoms with E-state index >= 15 is 0 Å². The summed E-state index contributed by atoms with van der Waals surface area (Å²) in [6.45, 7) is 0. The van der Waals surface area contributed by atoms with Gasteiger partial charge in [-0.15, -0.1) is 0 Å². The van der Waals surface area contributed by atoms with Gasteiger partial charge in [0.25, 0.3) is 0 Å². The van der Waals surface area contributed by atoms with Crippen molar-refractivity contribution in [3.63, 3.8) is 0 Å². The van der Waals surface area contributed by atoms with Crippen LogP contribution < -0.4 is 35.1 Å². The Hall–Kier alpha value is -3.95. The fraction of sp³-hybridized carbons (Fsp3) is 0.423. The van der Waals surface area contributed by atoms with Crippen LogP contribution in [0, 0.1) is 0 Å². The highest BCUT2D eigenvalue weighted by molar-refractivity contribution is 5.91. The number of nitrogens with one attached hydrogen (secondary N) is 3. The summed E-state index contributed by atoms with van der Waals surface area (Å²) in [5, 5.41) is 10.5. The van der Waals surface area contributed by atoms with Gasteiger partial charge in [0.2, 0.25) is 11.7 Å². The van der Waals surface area contributed by atoms with Gasteiger partial charge in [-0.25, -0.2) is 9.78 Å². The van der Waals surface area contributed by atoms with Crippen LogP contribution in [0.3, 0.4) is 0 Å². The summed E-state index contributed by atoms with van der Waals surface area (Å²) in [7, 11) is 8.59. The number of amides is 2. The van der Waals surface area contributed by atoms with Gasteiger partial charge >= 0.3 is 6.03 Å². The van der Waals surface area contributed by atoms with Gasteiger partial charge in [-0.3, -0.25) is 0 Å². The Labute approximate surface area is 211 Å². The molecule has 1 aliphatic rings. The molecular formula is C26H34N6O4. The predicted octanol–water partition coefficient (Wildman–Crippen LogP) is 4.27. The lowest BCUT2D eigenvalue weighted by molar-refractivity contribution is 0.243. The van der Waals surface area contributed by atoms with Crippen molar-refractivity contribution in [1.29, 1.82) is 0 Å². The second-order valence-corrected chi connectivity index (χ2v) is 8.99. The number of ether oxygens (including phenoxy) is 3. The molecule has 0 unspecified atom stereocenters. The number of para-hydroxylation sites is 1. The van der Waals surface area contributed by atoms with E-state index in [9.17, 15) is 4.79 Å². The second-order valence-electron chi connectivity index (χ2n) is 8.99. The van der Waals surface area contributed by atoms with E-state index in [0.717, 1.165) is 42.4 Å². The van der Waals surface area contributed by atoms with Crippen LogP contribution in [0.2, 0.25) is 0 Å². The van der Waals surface area contributed by atoms with Crippen LogP contribution in [0.25, 0.3) is 10.9 Å². The Balaban J connectivity index is 1.33. The lowest BCUT2D eigenvalue weighted by atomic mass is 9.91. The molecule has 36 heavy (non-hydrogen) atoms. The Kier molecular flexibility index (Phi) is 7.82. The fourth-order valence-corrected chi connectivity index (χ4v) is 4.54. The number of rotatable bonds is 8. The summed E-state index contributed by atoms with van der Waals surface area (Å²) in [4.78, 5) is 24.1. The highest BCUT2D eigenvalue weighted by Crippen LogP contribution is 2.40. The number of aromatic nitrogens is 2. The zero-order valence-electron chi connectivity index (χ0n) is 21.4. The molecule has 0 aliphatic heterocycles. The maximum absolute atomic E-state index is 12.7. The normalized spacial score (nSPS) is 17.2. The van der Waals surface area contributed by atoms with Crippen LogP contribution in [0.1, 0.15) is 25.7 Å². The highest BCUT2D eigenvalue weighted by Gasteiger charge is 2.24. The van der Waals surface area contributed by atoms with Crippen molar-refractivity contribution in [1.82, 2.24) is 15.3 Å². The first kappa shape index (κ1) is 25.2. The minimum atomic E-state index is -0.269. The topological polar surface area (TPSA) is 110 Å². The lowest BCUT2D eigenvalue weighted by Gasteiger charge is -2.30. The van der Waals surface area contributed by atoms with Gasteiger partial charge in [-0.05, 0) is 37.8 Å². The third-order valence-electron chi connectivity index (χ3n) is 6.32. The smallest absolute Gasteiger partial charge is 0.319 e. The predicted molar refractivity (Wildman–Crippen MR) is 142 cm³/mol.